The van der Waals surface area contributed by atoms with Gasteiger partial charge >= 0.3 is 0 Å². The molecule has 1 aromatic rings. The predicted octanol–water partition coefficient (Wildman–Crippen LogP) is 3.48. The topological polar surface area (TPSA) is 32.3 Å². The van der Waals surface area contributed by atoms with Crippen molar-refractivity contribution in [3.8, 4) is 0 Å². The van der Waals surface area contributed by atoms with Gasteiger partial charge in [0, 0.05) is 31.1 Å². The minimum atomic E-state index is -0.569. The van der Waals surface area contributed by atoms with Crippen molar-refractivity contribution in [3.05, 3.63) is 35.4 Å². The number of rotatable bonds is 5. The molecule has 25 heavy (non-hydrogen) atoms. The molecule has 0 radical (unpaired) electrons. The second kappa shape index (κ2) is 7.58. The molecule has 2 saturated carbocycles. The fourth-order valence-electron chi connectivity index (χ4n) is 3.81. The Kier molecular flexibility index (Phi) is 5.64. The van der Waals surface area contributed by atoms with E-state index in [0.717, 1.165) is 44.5 Å². The fourth-order valence-corrected chi connectivity index (χ4v) is 3.81. The molecule has 1 N–H and O–H groups in total. The molecule has 1 aromatic carbocycles. The molecule has 3 fully saturated rings. The van der Waals surface area contributed by atoms with Gasteiger partial charge in [0.2, 0.25) is 5.91 Å². The van der Waals surface area contributed by atoms with E-state index < -0.39 is 11.6 Å². The molecule has 2 atom stereocenters. The zero-order valence-electron chi connectivity index (χ0n) is 14.2. The number of benzene rings is 1. The van der Waals surface area contributed by atoms with Gasteiger partial charge in [-0.2, -0.15) is 0 Å². The third-order valence-electron chi connectivity index (χ3n) is 5.67. The normalized spacial score (nSPS) is 26.2. The summed E-state index contributed by atoms with van der Waals surface area (Å²) in [5.41, 5.74) is 0.482. The molecule has 1 heterocycles. The summed E-state index contributed by atoms with van der Waals surface area (Å²) in [4.78, 5) is 14.5. The Morgan fingerprint density at radius 2 is 1.88 bits per heavy atom. The van der Waals surface area contributed by atoms with Crippen molar-refractivity contribution >= 4 is 18.3 Å². The monoisotopic (exact) mass is 370 g/mol. The molecule has 1 amide bonds. The van der Waals surface area contributed by atoms with E-state index in [1.54, 1.807) is 0 Å². The molecule has 4 rings (SSSR count). The van der Waals surface area contributed by atoms with Gasteiger partial charge in [0.1, 0.15) is 11.6 Å². The van der Waals surface area contributed by atoms with Crippen molar-refractivity contribution in [1.29, 1.82) is 0 Å². The number of halogens is 3. The van der Waals surface area contributed by atoms with Crippen LogP contribution < -0.4 is 5.32 Å². The highest BCUT2D eigenvalue weighted by molar-refractivity contribution is 5.85. The molecule has 2 unspecified atom stereocenters. The van der Waals surface area contributed by atoms with Gasteiger partial charge < -0.3 is 10.2 Å². The Hall–Kier alpha value is -1.20. The highest BCUT2D eigenvalue weighted by Gasteiger charge is 2.47. The Morgan fingerprint density at radius 1 is 1.16 bits per heavy atom. The summed E-state index contributed by atoms with van der Waals surface area (Å²) < 4.78 is 26.9. The van der Waals surface area contributed by atoms with Crippen molar-refractivity contribution in [2.75, 3.05) is 19.6 Å². The number of carbonyl (C=O) groups excluding carboxylic acids is 1. The summed E-state index contributed by atoms with van der Waals surface area (Å²) >= 11 is 0. The van der Waals surface area contributed by atoms with E-state index >= 15 is 0 Å². The summed E-state index contributed by atoms with van der Waals surface area (Å²) in [5.74, 6) is -0.282. The van der Waals surface area contributed by atoms with Crippen LogP contribution in [0.15, 0.2) is 18.2 Å². The Bertz CT molecular complexity index is 630. The van der Waals surface area contributed by atoms with E-state index in [0.29, 0.717) is 18.0 Å². The van der Waals surface area contributed by atoms with Gasteiger partial charge in [-0.05, 0) is 62.1 Å². The van der Waals surface area contributed by atoms with Crippen molar-refractivity contribution in [2.45, 2.75) is 44.1 Å². The maximum Gasteiger partial charge on any atom is 0.226 e. The number of nitrogens with zero attached hydrogens (tertiary/aromatic N) is 1. The van der Waals surface area contributed by atoms with E-state index in [1.807, 2.05) is 4.90 Å². The van der Waals surface area contributed by atoms with E-state index in [9.17, 15) is 13.6 Å². The molecule has 3 aliphatic rings. The second-order valence-corrected chi connectivity index (χ2v) is 7.57. The second-order valence-electron chi connectivity index (χ2n) is 7.57. The van der Waals surface area contributed by atoms with Crippen molar-refractivity contribution in [2.24, 2.45) is 11.8 Å². The molecule has 1 aliphatic heterocycles. The van der Waals surface area contributed by atoms with Gasteiger partial charge in [0.25, 0.3) is 0 Å². The maximum atomic E-state index is 13.9. The number of amides is 1. The molecule has 6 heteroatoms. The molecule has 0 bridgehead atoms. The first-order valence-electron chi connectivity index (χ1n) is 9.09. The first kappa shape index (κ1) is 18.6. The molecular formula is C19H25ClF2N2O. The summed E-state index contributed by atoms with van der Waals surface area (Å²) in [6.07, 6.45) is 5.39. The average Bonchev–Trinajstić information content (AvgIpc) is 3.47. The quantitative estimate of drug-likeness (QED) is 0.860. The number of hydrogen-bond acceptors (Lipinski definition) is 2. The van der Waals surface area contributed by atoms with Crippen LogP contribution in [-0.4, -0.2) is 36.5 Å². The molecule has 0 aromatic heterocycles. The maximum absolute atomic E-state index is 13.9. The summed E-state index contributed by atoms with van der Waals surface area (Å²) in [6, 6.07) is 4.19. The third-order valence-corrected chi connectivity index (χ3v) is 5.67. The number of piperidine rings is 1. The predicted molar refractivity (Wildman–Crippen MR) is 94.8 cm³/mol. The minimum Gasteiger partial charge on any atom is -0.342 e. The zero-order chi connectivity index (χ0) is 16.7. The molecule has 0 spiro atoms. The van der Waals surface area contributed by atoms with E-state index in [2.05, 4.69) is 5.32 Å². The lowest BCUT2D eigenvalue weighted by Gasteiger charge is -2.33. The molecular weight excluding hydrogens is 346 g/mol. The standard InChI is InChI=1S/C19H24F2N2O.ClH/c20-13-3-4-15(18(21)9-13)16-10-17(16)19(24)23-7-5-14(6-8-23)22-11-12-1-2-12;/h3-4,9,12,14,16-17,22H,1-2,5-8,10-11H2;1H. The van der Waals surface area contributed by atoms with Crippen LogP contribution in [0.2, 0.25) is 0 Å². The molecule has 2 aliphatic carbocycles. The lowest BCUT2D eigenvalue weighted by Crippen LogP contribution is -2.46. The summed E-state index contributed by atoms with van der Waals surface area (Å²) in [5, 5.41) is 3.61. The van der Waals surface area contributed by atoms with E-state index in [4.69, 9.17) is 0 Å². The van der Waals surface area contributed by atoms with Gasteiger partial charge in [0.05, 0.1) is 0 Å². The van der Waals surface area contributed by atoms with Crippen molar-refractivity contribution in [3.63, 3.8) is 0 Å². The van der Waals surface area contributed by atoms with Gasteiger partial charge in [-0.15, -0.1) is 12.4 Å². The van der Waals surface area contributed by atoms with Gasteiger partial charge in [-0.25, -0.2) is 8.78 Å². The van der Waals surface area contributed by atoms with E-state index in [-0.39, 0.29) is 30.2 Å². The largest absolute Gasteiger partial charge is 0.342 e. The Labute approximate surface area is 153 Å². The van der Waals surface area contributed by atoms with Crippen LogP contribution in [0.1, 0.15) is 43.6 Å². The summed E-state index contributed by atoms with van der Waals surface area (Å²) in [6.45, 7) is 2.69. The van der Waals surface area contributed by atoms with Crippen molar-refractivity contribution < 1.29 is 13.6 Å². The number of carbonyl (C=O) groups is 1. The fraction of sp³-hybridized carbons (Fsp3) is 0.632. The Morgan fingerprint density at radius 3 is 2.52 bits per heavy atom. The first-order chi connectivity index (χ1) is 11.6. The Balaban J connectivity index is 0.00000182. The van der Waals surface area contributed by atoms with Crippen LogP contribution in [0.3, 0.4) is 0 Å². The highest BCUT2D eigenvalue weighted by atomic mass is 35.5. The molecule has 3 nitrogen and oxygen atoms in total. The van der Waals surface area contributed by atoms with Gasteiger partial charge in [-0.3, -0.25) is 4.79 Å². The zero-order valence-corrected chi connectivity index (χ0v) is 15.0. The molecule has 1 saturated heterocycles. The average molecular weight is 371 g/mol. The van der Waals surface area contributed by atoms with Crippen LogP contribution in [0, 0.1) is 23.5 Å². The van der Waals surface area contributed by atoms with E-state index in [1.165, 1.54) is 25.0 Å². The lowest BCUT2D eigenvalue weighted by atomic mass is 10.0. The van der Waals surface area contributed by atoms with Crippen LogP contribution >= 0.6 is 12.4 Å². The summed E-state index contributed by atoms with van der Waals surface area (Å²) in [7, 11) is 0. The number of likely N-dealkylation sites (tertiary alicyclic amines) is 1. The molecule has 138 valence electrons. The number of hydrogen-bond donors (Lipinski definition) is 1. The first-order valence-corrected chi connectivity index (χ1v) is 9.09. The highest BCUT2D eigenvalue weighted by Crippen LogP contribution is 2.49. The van der Waals surface area contributed by atoms with Crippen LogP contribution in [0.4, 0.5) is 8.78 Å². The smallest absolute Gasteiger partial charge is 0.226 e. The van der Waals surface area contributed by atoms with Crippen LogP contribution in [0.5, 0.6) is 0 Å². The van der Waals surface area contributed by atoms with Crippen LogP contribution in [0.25, 0.3) is 0 Å². The number of nitrogens with one attached hydrogen (secondary N) is 1. The third kappa shape index (κ3) is 4.32. The van der Waals surface area contributed by atoms with Crippen molar-refractivity contribution in [1.82, 2.24) is 10.2 Å². The SMILES string of the molecule is Cl.O=C(C1CC1c1ccc(F)cc1F)N1CCC(NCC2CC2)CC1. The van der Waals surface area contributed by atoms with Gasteiger partial charge in [-0.1, -0.05) is 6.07 Å². The van der Waals surface area contributed by atoms with Crippen LogP contribution in [-0.2, 0) is 4.79 Å². The lowest BCUT2D eigenvalue weighted by molar-refractivity contribution is -0.133. The minimum absolute atomic E-state index is 0. The van der Waals surface area contributed by atoms with Gasteiger partial charge in [0.15, 0.2) is 0 Å².